The van der Waals surface area contributed by atoms with Gasteiger partial charge in [-0.05, 0) is 6.07 Å². The minimum Gasteiger partial charge on any atom is -0.478 e. The van der Waals surface area contributed by atoms with Gasteiger partial charge in [-0.3, -0.25) is 0 Å². The average Bonchev–Trinajstić information content (AvgIpc) is 2.15. The molecule has 0 amide bonds. The zero-order valence-electron chi connectivity index (χ0n) is 7.71. The van der Waals surface area contributed by atoms with E-state index in [-0.39, 0.29) is 10.9 Å². The van der Waals surface area contributed by atoms with Crippen LogP contribution in [-0.4, -0.2) is 17.7 Å². The number of hydrogen-bond acceptors (Lipinski definition) is 2. The van der Waals surface area contributed by atoms with Gasteiger partial charge in [0.1, 0.15) is 11.6 Å². The Bertz CT molecular complexity index is 409. The van der Waals surface area contributed by atoms with Crippen molar-refractivity contribution in [3.8, 4) is 5.75 Å². The third kappa shape index (κ3) is 2.88. The lowest BCUT2D eigenvalue weighted by Crippen LogP contribution is -2.07. The first kappa shape index (κ1) is 12.8. The lowest BCUT2D eigenvalue weighted by molar-refractivity contribution is -0.0500. The topological polar surface area (TPSA) is 46.5 Å². The molecule has 0 aliphatic carbocycles. The van der Waals surface area contributed by atoms with Crippen LogP contribution < -0.4 is 4.74 Å². The fraction of sp³-hybridized carbons (Fsp3) is 0.222. The molecule has 0 bridgehead atoms. The number of benzene rings is 1. The second kappa shape index (κ2) is 5.20. The van der Waals surface area contributed by atoms with Gasteiger partial charge in [-0.15, -0.1) is 0 Å². The standard InChI is InChI=1S/C9H6BrF3O3/c10-3-6-5(8(14)15)1-4(2-7(6)11)16-9(12)13/h1-2,9H,3H2,(H,14,15). The van der Waals surface area contributed by atoms with E-state index in [1.54, 1.807) is 0 Å². The van der Waals surface area contributed by atoms with E-state index >= 15 is 0 Å². The van der Waals surface area contributed by atoms with Gasteiger partial charge in [0.05, 0.1) is 5.56 Å². The van der Waals surface area contributed by atoms with E-state index in [9.17, 15) is 18.0 Å². The van der Waals surface area contributed by atoms with Crippen LogP contribution in [0.1, 0.15) is 15.9 Å². The molecule has 0 aliphatic rings. The molecular weight excluding hydrogens is 293 g/mol. The van der Waals surface area contributed by atoms with Gasteiger partial charge in [0.15, 0.2) is 0 Å². The summed E-state index contributed by atoms with van der Waals surface area (Å²) in [6.45, 7) is -3.13. The lowest BCUT2D eigenvalue weighted by atomic mass is 10.1. The van der Waals surface area contributed by atoms with Crippen LogP contribution in [0.4, 0.5) is 13.2 Å². The van der Waals surface area contributed by atoms with Crippen LogP contribution in [0.2, 0.25) is 0 Å². The number of carboxylic acid groups (broad SMARTS) is 1. The summed E-state index contributed by atoms with van der Waals surface area (Å²) in [4.78, 5) is 10.7. The molecule has 1 aromatic carbocycles. The number of rotatable bonds is 4. The van der Waals surface area contributed by atoms with Gasteiger partial charge < -0.3 is 9.84 Å². The van der Waals surface area contributed by atoms with Crippen molar-refractivity contribution in [2.45, 2.75) is 11.9 Å². The Morgan fingerprint density at radius 1 is 1.50 bits per heavy atom. The normalized spacial score (nSPS) is 10.6. The van der Waals surface area contributed by atoms with Crippen LogP contribution in [-0.2, 0) is 5.33 Å². The molecule has 0 aromatic heterocycles. The Morgan fingerprint density at radius 2 is 2.12 bits per heavy atom. The highest BCUT2D eigenvalue weighted by Gasteiger charge is 2.17. The molecule has 0 saturated carbocycles. The van der Waals surface area contributed by atoms with Crippen molar-refractivity contribution in [3.63, 3.8) is 0 Å². The Kier molecular flexibility index (Phi) is 4.17. The van der Waals surface area contributed by atoms with Gasteiger partial charge in [-0.1, -0.05) is 15.9 Å². The Balaban J connectivity index is 3.22. The maximum atomic E-state index is 13.3. The highest BCUT2D eigenvalue weighted by molar-refractivity contribution is 9.08. The van der Waals surface area contributed by atoms with Crippen LogP contribution in [0.15, 0.2) is 12.1 Å². The Hall–Kier alpha value is -1.24. The number of ether oxygens (including phenoxy) is 1. The van der Waals surface area contributed by atoms with Crippen molar-refractivity contribution in [2.75, 3.05) is 0 Å². The summed E-state index contributed by atoms with van der Waals surface area (Å²) >= 11 is 2.91. The molecule has 16 heavy (non-hydrogen) atoms. The quantitative estimate of drug-likeness (QED) is 0.869. The summed E-state index contributed by atoms with van der Waals surface area (Å²) in [5, 5.41) is 8.72. The number of carbonyl (C=O) groups is 1. The maximum absolute atomic E-state index is 13.3. The van der Waals surface area contributed by atoms with E-state index in [0.717, 1.165) is 12.1 Å². The summed E-state index contributed by atoms with van der Waals surface area (Å²) in [6, 6.07) is 1.57. The molecule has 0 unspecified atom stereocenters. The highest BCUT2D eigenvalue weighted by Crippen LogP contribution is 2.25. The maximum Gasteiger partial charge on any atom is 0.387 e. The minimum atomic E-state index is -3.13. The van der Waals surface area contributed by atoms with E-state index in [0.29, 0.717) is 0 Å². The lowest BCUT2D eigenvalue weighted by Gasteiger charge is -2.09. The first-order valence-corrected chi connectivity index (χ1v) is 5.14. The largest absolute Gasteiger partial charge is 0.478 e. The van der Waals surface area contributed by atoms with Crippen molar-refractivity contribution in [1.29, 1.82) is 0 Å². The van der Waals surface area contributed by atoms with Gasteiger partial charge >= 0.3 is 12.6 Å². The SMILES string of the molecule is O=C(O)c1cc(OC(F)F)cc(F)c1CBr. The van der Waals surface area contributed by atoms with E-state index in [1.807, 2.05) is 0 Å². The monoisotopic (exact) mass is 298 g/mol. The number of aromatic carboxylic acids is 1. The molecule has 3 nitrogen and oxygen atoms in total. The van der Waals surface area contributed by atoms with Crippen molar-refractivity contribution < 1.29 is 27.8 Å². The zero-order chi connectivity index (χ0) is 12.3. The second-order valence-corrected chi connectivity index (χ2v) is 3.31. The van der Waals surface area contributed by atoms with Gasteiger partial charge in [0, 0.05) is 17.0 Å². The van der Waals surface area contributed by atoms with E-state index < -0.39 is 29.7 Å². The average molecular weight is 299 g/mol. The number of hydrogen-bond donors (Lipinski definition) is 1. The van der Waals surface area contributed by atoms with Crippen molar-refractivity contribution in [3.05, 3.63) is 29.1 Å². The third-order valence-electron chi connectivity index (χ3n) is 1.76. The van der Waals surface area contributed by atoms with Gasteiger partial charge in [-0.2, -0.15) is 8.78 Å². The van der Waals surface area contributed by atoms with Crippen LogP contribution >= 0.6 is 15.9 Å². The first-order valence-electron chi connectivity index (χ1n) is 4.02. The molecule has 1 rings (SSSR count). The van der Waals surface area contributed by atoms with Crippen LogP contribution in [0, 0.1) is 5.82 Å². The van der Waals surface area contributed by atoms with Crippen molar-refractivity contribution >= 4 is 21.9 Å². The molecule has 0 fully saturated rings. The highest BCUT2D eigenvalue weighted by atomic mass is 79.9. The van der Waals surface area contributed by atoms with E-state index in [2.05, 4.69) is 20.7 Å². The molecule has 1 aromatic rings. The zero-order valence-corrected chi connectivity index (χ0v) is 9.30. The fourth-order valence-corrected chi connectivity index (χ4v) is 1.68. The predicted molar refractivity (Wildman–Crippen MR) is 52.6 cm³/mol. The second-order valence-electron chi connectivity index (χ2n) is 2.75. The Labute approximate surface area is 97.0 Å². The van der Waals surface area contributed by atoms with E-state index in [1.165, 1.54) is 0 Å². The molecule has 7 heteroatoms. The molecule has 88 valence electrons. The van der Waals surface area contributed by atoms with Gasteiger partial charge in [0.2, 0.25) is 0 Å². The van der Waals surface area contributed by atoms with E-state index in [4.69, 9.17) is 5.11 Å². The molecule has 0 spiro atoms. The molecule has 0 saturated heterocycles. The molecule has 1 N–H and O–H groups in total. The molecular formula is C9H6BrF3O3. The molecule has 0 atom stereocenters. The van der Waals surface area contributed by atoms with Crippen molar-refractivity contribution in [1.82, 2.24) is 0 Å². The van der Waals surface area contributed by atoms with Crippen LogP contribution in [0.25, 0.3) is 0 Å². The smallest absolute Gasteiger partial charge is 0.387 e. The summed E-state index contributed by atoms with van der Waals surface area (Å²) in [5.41, 5.74) is -0.526. The third-order valence-corrected chi connectivity index (χ3v) is 2.32. The van der Waals surface area contributed by atoms with Gasteiger partial charge in [-0.25, -0.2) is 9.18 Å². The summed E-state index contributed by atoms with van der Waals surface area (Å²) < 4.78 is 41.0. The van der Waals surface area contributed by atoms with Crippen LogP contribution in [0.3, 0.4) is 0 Å². The predicted octanol–water partition coefficient (Wildman–Crippen LogP) is 3.02. The van der Waals surface area contributed by atoms with Crippen LogP contribution in [0.5, 0.6) is 5.75 Å². The minimum absolute atomic E-state index is 0.0323. The Morgan fingerprint density at radius 3 is 2.56 bits per heavy atom. The first-order chi connectivity index (χ1) is 7.45. The number of halogens is 4. The fourth-order valence-electron chi connectivity index (χ4n) is 1.11. The summed E-state index contributed by atoms with van der Waals surface area (Å²) in [7, 11) is 0. The summed E-state index contributed by atoms with van der Waals surface area (Å²) in [6.07, 6.45) is 0. The molecule has 0 heterocycles. The molecule has 0 aliphatic heterocycles. The number of carboxylic acids is 1. The summed E-state index contributed by atoms with van der Waals surface area (Å²) in [5.74, 6) is -2.84. The number of alkyl halides is 3. The van der Waals surface area contributed by atoms with Crippen molar-refractivity contribution in [2.24, 2.45) is 0 Å². The molecule has 0 radical (unpaired) electrons. The van der Waals surface area contributed by atoms with Gasteiger partial charge in [0.25, 0.3) is 0 Å².